The fourth-order valence-electron chi connectivity index (χ4n) is 2.07. The lowest BCUT2D eigenvalue weighted by Crippen LogP contribution is -2.36. The second-order valence-corrected chi connectivity index (χ2v) is 5.49. The molecule has 1 aromatic rings. The summed E-state index contributed by atoms with van der Waals surface area (Å²) in [6.45, 7) is 2.77. The predicted octanol–water partition coefficient (Wildman–Crippen LogP) is 4.09. The SMILES string of the molecule is CCCN(CC(F)(F)F)c1nc(C2CC2)nc(Cl)c1C. The third-order valence-corrected chi connectivity index (χ3v) is 3.55. The molecular formula is C13H17ClF3N3. The zero-order valence-electron chi connectivity index (χ0n) is 11.5. The Morgan fingerprint density at radius 1 is 1.30 bits per heavy atom. The van der Waals surface area contributed by atoms with Crippen molar-refractivity contribution in [1.29, 1.82) is 0 Å². The Balaban J connectivity index is 2.35. The van der Waals surface area contributed by atoms with Gasteiger partial charge in [-0.05, 0) is 26.2 Å². The van der Waals surface area contributed by atoms with Crippen LogP contribution in [0.1, 0.15) is 43.5 Å². The molecule has 20 heavy (non-hydrogen) atoms. The van der Waals surface area contributed by atoms with Gasteiger partial charge in [0.15, 0.2) is 0 Å². The fraction of sp³-hybridized carbons (Fsp3) is 0.692. The zero-order valence-corrected chi connectivity index (χ0v) is 12.2. The molecule has 112 valence electrons. The van der Waals surface area contributed by atoms with E-state index in [0.717, 1.165) is 12.8 Å². The molecule has 0 bridgehead atoms. The Morgan fingerprint density at radius 2 is 1.95 bits per heavy atom. The van der Waals surface area contributed by atoms with Gasteiger partial charge in [-0.15, -0.1) is 0 Å². The Hall–Kier alpha value is -1.04. The number of aromatic nitrogens is 2. The minimum absolute atomic E-state index is 0.250. The molecule has 0 amide bonds. The van der Waals surface area contributed by atoms with Crippen LogP contribution < -0.4 is 4.90 Å². The lowest BCUT2D eigenvalue weighted by Gasteiger charge is -2.26. The summed E-state index contributed by atoms with van der Waals surface area (Å²) < 4.78 is 38.1. The van der Waals surface area contributed by atoms with Gasteiger partial charge < -0.3 is 4.90 Å². The van der Waals surface area contributed by atoms with Gasteiger partial charge in [0, 0.05) is 18.0 Å². The van der Waals surface area contributed by atoms with E-state index in [1.807, 2.05) is 6.92 Å². The van der Waals surface area contributed by atoms with Crippen molar-refractivity contribution in [1.82, 2.24) is 9.97 Å². The van der Waals surface area contributed by atoms with Crippen molar-refractivity contribution in [3.8, 4) is 0 Å². The molecule has 1 heterocycles. The van der Waals surface area contributed by atoms with Crippen LogP contribution >= 0.6 is 11.6 Å². The van der Waals surface area contributed by atoms with Crippen molar-refractivity contribution in [3.05, 3.63) is 16.5 Å². The monoisotopic (exact) mass is 307 g/mol. The van der Waals surface area contributed by atoms with Gasteiger partial charge in [-0.3, -0.25) is 0 Å². The Morgan fingerprint density at radius 3 is 2.45 bits per heavy atom. The maximum atomic E-state index is 12.7. The molecular weight excluding hydrogens is 291 g/mol. The van der Waals surface area contributed by atoms with Crippen molar-refractivity contribution >= 4 is 17.4 Å². The fourth-order valence-corrected chi connectivity index (χ4v) is 2.24. The first-order valence-corrected chi connectivity index (χ1v) is 7.05. The summed E-state index contributed by atoms with van der Waals surface area (Å²) in [7, 11) is 0. The normalized spacial score (nSPS) is 15.5. The molecule has 0 spiro atoms. The van der Waals surface area contributed by atoms with Crippen LogP contribution in [0.3, 0.4) is 0 Å². The van der Waals surface area contributed by atoms with Crippen molar-refractivity contribution < 1.29 is 13.2 Å². The van der Waals surface area contributed by atoms with Crippen LogP contribution in [0.15, 0.2) is 0 Å². The average molecular weight is 308 g/mol. The van der Waals surface area contributed by atoms with Crippen molar-refractivity contribution in [2.24, 2.45) is 0 Å². The van der Waals surface area contributed by atoms with Gasteiger partial charge in [0.1, 0.15) is 23.3 Å². The van der Waals surface area contributed by atoms with Crippen LogP contribution in [0.25, 0.3) is 0 Å². The minimum atomic E-state index is -4.27. The molecule has 1 aromatic heterocycles. The van der Waals surface area contributed by atoms with Crippen molar-refractivity contribution in [3.63, 3.8) is 0 Å². The Kier molecular flexibility index (Phi) is 4.42. The molecule has 0 unspecified atom stereocenters. The zero-order chi connectivity index (χ0) is 14.9. The molecule has 0 aliphatic heterocycles. The molecule has 1 aliphatic carbocycles. The molecule has 1 aliphatic rings. The minimum Gasteiger partial charge on any atom is -0.347 e. The summed E-state index contributed by atoms with van der Waals surface area (Å²) in [6, 6.07) is 0. The summed E-state index contributed by atoms with van der Waals surface area (Å²) in [5.74, 6) is 1.13. The van der Waals surface area contributed by atoms with Crippen LogP contribution in [0, 0.1) is 6.92 Å². The molecule has 7 heteroatoms. The Labute approximate surface area is 121 Å². The lowest BCUT2D eigenvalue weighted by atomic mass is 10.2. The molecule has 3 nitrogen and oxygen atoms in total. The van der Waals surface area contributed by atoms with Crippen LogP contribution in [0.4, 0.5) is 19.0 Å². The topological polar surface area (TPSA) is 29.0 Å². The van der Waals surface area contributed by atoms with E-state index in [-0.39, 0.29) is 17.6 Å². The third-order valence-electron chi connectivity index (χ3n) is 3.18. The maximum Gasteiger partial charge on any atom is 0.405 e. The van der Waals surface area contributed by atoms with E-state index >= 15 is 0 Å². The first-order chi connectivity index (χ1) is 9.31. The molecule has 0 saturated heterocycles. The smallest absolute Gasteiger partial charge is 0.347 e. The quantitative estimate of drug-likeness (QED) is 0.767. The standard InChI is InChI=1S/C13H17ClF3N3/c1-3-6-20(7-13(15,16)17)12-8(2)10(14)18-11(19-12)9-4-5-9/h9H,3-7H2,1-2H3. The van der Waals surface area contributed by atoms with Gasteiger partial charge in [-0.1, -0.05) is 18.5 Å². The summed E-state index contributed by atoms with van der Waals surface area (Å²) in [5.41, 5.74) is 0.508. The van der Waals surface area contributed by atoms with Gasteiger partial charge in [0.25, 0.3) is 0 Å². The molecule has 0 radical (unpaired) electrons. The number of alkyl halides is 3. The highest BCUT2D eigenvalue weighted by Gasteiger charge is 2.33. The number of nitrogens with zero attached hydrogens (tertiary/aromatic N) is 3. The number of hydrogen-bond acceptors (Lipinski definition) is 3. The van der Waals surface area contributed by atoms with Gasteiger partial charge in [0.05, 0.1) is 0 Å². The van der Waals surface area contributed by atoms with Crippen LogP contribution in [0.2, 0.25) is 5.15 Å². The highest BCUT2D eigenvalue weighted by molar-refractivity contribution is 6.30. The Bertz CT molecular complexity index is 486. The first-order valence-electron chi connectivity index (χ1n) is 6.67. The van der Waals surface area contributed by atoms with Crippen LogP contribution in [0.5, 0.6) is 0 Å². The molecule has 1 fully saturated rings. The molecule has 1 saturated carbocycles. The highest BCUT2D eigenvalue weighted by atomic mass is 35.5. The van der Waals surface area contributed by atoms with E-state index in [2.05, 4.69) is 9.97 Å². The largest absolute Gasteiger partial charge is 0.405 e. The number of halogens is 4. The van der Waals surface area contributed by atoms with E-state index in [1.54, 1.807) is 6.92 Å². The summed E-state index contributed by atoms with van der Waals surface area (Å²) in [6.07, 6.45) is -1.70. The van der Waals surface area contributed by atoms with Gasteiger partial charge in [-0.25, -0.2) is 9.97 Å². The van der Waals surface area contributed by atoms with E-state index in [1.165, 1.54) is 4.90 Å². The number of hydrogen-bond donors (Lipinski definition) is 0. The van der Waals surface area contributed by atoms with E-state index in [0.29, 0.717) is 23.6 Å². The third kappa shape index (κ3) is 3.75. The van der Waals surface area contributed by atoms with E-state index < -0.39 is 12.7 Å². The van der Waals surface area contributed by atoms with Crippen molar-refractivity contribution in [2.75, 3.05) is 18.0 Å². The van der Waals surface area contributed by atoms with E-state index in [4.69, 9.17) is 11.6 Å². The first kappa shape index (κ1) is 15.4. The van der Waals surface area contributed by atoms with Gasteiger partial charge >= 0.3 is 6.18 Å². The molecule has 0 atom stereocenters. The lowest BCUT2D eigenvalue weighted by molar-refractivity contribution is -0.119. The van der Waals surface area contributed by atoms with E-state index in [9.17, 15) is 13.2 Å². The summed E-state index contributed by atoms with van der Waals surface area (Å²) >= 11 is 6.05. The highest BCUT2D eigenvalue weighted by Crippen LogP contribution is 2.40. The summed E-state index contributed by atoms with van der Waals surface area (Å²) in [4.78, 5) is 9.75. The van der Waals surface area contributed by atoms with Gasteiger partial charge in [0.2, 0.25) is 0 Å². The van der Waals surface area contributed by atoms with Crippen molar-refractivity contribution in [2.45, 2.75) is 45.2 Å². The number of anilines is 1. The average Bonchev–Trinajstić information content (AvgIpc) is 3.14. The molecule has 0 aromatic carbocycles. The second-order valence-electron chi connectivity index (χ2n) is 5.13. The summed E-state index contributed by atoms with van der Waals surface area (Å²) in [5, 5.41) is 0.250. The maximum absolute atomic E-state index is 12.7. The predicted molar refractivity (Wildman–Crippen MR) is 72.3 cm³/mol. The van der Waals surface area contributed by atoms with Crippen LogP contribution in [-0.2, 0) is 0 Å². The molecule has 0 N–H and O–H groups in total. The molecule has 2 rings (SSSR count). The van der Waals surface area contributed by atoms with Crippen LogP contribution in [-0.4, -0.2) is 29.2 Å². The van der Waals surface area contributed by atoms with Gasteiger partial charge in [-0.2, -0.15) is 13.2 Å². The number of rotatable bonds is 5. The second kappa shape index (κ2) is 5.76.